The average Bonchev–Trinajstić information content (AvgIpc) is 2.83. The van der Waals surface area contributed by atoms with Crippen LogP contribution in [-0.4, -0.2) is 27.3 Å². The van der Waals surface area contributed by atoms with Crippen molar-refractivity contribution in [2.24, 2.45) is 0 Å². The van der Waals surface area contributed by atoms with Crippen molar-refractivity contribution in [1.29, 1.82) is 0 Å². The van der Waals surface area contributed by atoms with Crippen LogP contribution < -0.4 is 5.32 Å². The highest BCUT2D eigenvalue weighted by atomic mass is 32.2. The van der Waals surface area contributed by atoms with E-state index in [0.717, 1.165) is 16.2 Å². The van der Waals surface area contributed by atoms with Gasteiger partial charge in [0.2, 0.25) is 5.91 Å². The highest BCUT2D eigenvalue weighted by molar-refractivity contribution is 8.00. The predicted octanol–water partition coefficient (Wildman–Crippen LogP) is 2.45. The molecule has 0 spiro atoms. The third-order valence-electron chi connectivity index (χ3n) is 2.95. The molecule has 0 aliphatic carbocycles. The summed E-state index contributed by atoms with van der Waals surface area (Å²) in [4.78, 5) is 16.5. The van der Waals surface area contributed by atoms with Gasteiger partial charge in [0.1, 0.15) is 0 Å². The monoisotopic (exact) mass is 299 g/mol. The normalized spacial score (nSPS) is 11.8. The summed E-state index contributed by atoms with van der Waals surface area (Å²) < 4.78 is 2.05. The van der Waals surface area contributed by atoms with Gasteiger partial charge in [-0.1, -0.05) is 35.9 Å². The summed E-state index contributed by atoms with van der Waals surface area (Å²) in [5.74, 6) is 2.31. The number of para-hydroxylation sites is 2. The maximum absolute atomic E-state index is 11.9. The first-order chi connectivity index (χ1) is 10.2. The van der Waals surface area contributed by atoms with Gasteiger partial charge in [0.05, 0.1) is 22.8 Å². The molecule has 4 nitrogen and oxygen atoms in total. The van der Waals surface area contributed by atoms with Crippen molar-refractivity contribution in [3.05, 3.63) is 36.9 Å². The molecule has 1 atom stereocenters. The van der Waals surface area contributed by atoms with E-state index in [-0.39, 0.29) is 17.7 Å². The Labute approximate surface area is 128 Å². The van der Waals surface area contributed by atoms with Gasteiger partial charge in [-0.05, 0) is 19.1 Å². The fourth-order valence-electron chi connectivity index (χ4n) is 1.94. The standard InChI is InChI=1S/C16H17N3OS/c1-4-10-17-15(20)12(3)21-16-18-13-8-6-7-9-14(13)19(16)11-5-2/h1,5-9,12H,2,10-11H2,3H3,(H,17,20). The molecule has 0 radical (unpaired) electrons. The SMILES string of the molecule is C#CCNC(=O)C(C)Sc1nc2ccccc2n1CC=C. The fraction of sp³-hybridized carbons (Fsp3) is 0.250. The summed E-state index contributed by atoms with van der Waals surface area (Å²) >= 11 is 1.42. The zero-order valence-electron chi connectivity index (χ0n) is 11.9. The van der Waals surface area contributed by atoms with Crippen molar-refractivity contribution in [3.63, 3.8) is 0 Å². The summed E-state index contributed by atoms with van der Waals surface area (Å²) in [6.07, 6.45) is 6.97. The Kier molecular flexibility index (Phi) is 5.07. The lowest BCUT2D eigenvalue weighted by Crippen LogP contribution is -2.31. The number of thioether (sulfide) groups is 1. The number of carbonyl (C=O) groups is 1. The second-order valence-electron chi connectivity index (χ2n) is 4.46. The summed E-state index contributed by atoms with van der Waals surface area (Å²) in [5, 5.41) is 3.22. The number of imidazole rings is 1. The molecule has 5 heteroatoms. The van der Waals surface area contributed by atoms with Crippen molar-refractivity contribution >= 4 is 28.7 Å². The quantitative estimate of drug-likeness (QED) is 0.506. The van der Waals surface area contributed by atoms with Crippen LogP contribution in [0.4, 0.5) is 0 Å². The van der Waals surface area contributed by atoms with Gasteiger partial charge in [0.15, 0.2) is 5.16 Å². The highest BCUT2D eigenvalue weighted by Crippen LogP contribution is 2.27. The van der Waals surface area contributed by atoms with E-state index in [1.165, 1.54) is 11.8 Å². The Balaban J connectivity index is 2.25. The van der Waals surface area contributed by atoms with Gasteiger partial charge in [-0.2, -0.15) is 0 Å². The topological polar surface area (TPSA) is 46.9 Å². The van der Waals surface area contributed by atoms with Gasteiger partial charge in [-0.3, -0.25) is 4.79 Å². The molecule has 0 saturated heterocycles. The number of nitrogens with zero attached hydrogens (tertiary/aromatic N) is 2. The van der Waals surface area contributed by atoms with E-state index in [1.54, 1.807) is 0 Å². The molecular formula is C16H17N3OS. The van der Waals surface area contributed by atoms with Crippen LogP contribution in [0.15, 0.2) is 42.1 Å². The minimum Gasteiger partial charge on any atom is -0.344 e. The van der Waals surface area contributed by atoms with E-state index >= 15 is 0 Å². The van der Waals surface area contributed by atoms with Crippen LogP contribution in [0.3, 0.4) is 0 Å². The van der Waals surface area contributed by atoms with Crippen LogP contribution >= 0.6 is 11.8 Å². The summed E-state index contributed by atoms with van der Waals surface area (Å²) in [6, 6.07) is 7.90. The van der Waals surface area contributed by atoms with Gasteiger partial charge in [0.25, 0.3) is 0 Å². The first kappa shape index (κ1) is 15.2. The molecule has 1 amide bonds. The van der Waals surface area contributed by atoms with Gasteiger partial charge < -0.3 is 9.88 Å². The second kappa shape index (κ2) is 7.00. The van der Waals surface area contributed by atoms with Crippen LogP contribution in [0.25, 0.3) is 11.0 Å². The number of carbonyl (C=O) groups excluding carboxylic acids is 1. The fourth-order valence-corrected chi connectivity index (χ4v) is 2.90. The summed E-state index contributed by atoms with van der Waals surface area (Å²) in [6.45, 7) is 6.52. The number of benzene rings is 1. The Morgan fingerprint density at radius 3 is 3.10 bits per heavy atom. The third kappa shape index (κ3) is 3.47. The first-order valence-corrected chi connectivity index (χ1v) is 7.49. The Morgan fingerprint density at radius 2 is 2.38 bits per heavy atom. The molecule has 0 saturated carbocycles. The van der Waals surface area contributed by atoms with Gasteiger partial charge >= 0.3 is 0 Å². The molecule has 21 heavy (non-hydrogen) atoms. The van der Waals surface area contributed by atoms with Crippen molar-refractivity contribution in [2.45, 2.75) is 23.9 Å². The van der Waals surface area contributed by atoms with E-state index < -0.39 is 0 Å². The number of nitrogens with one attached hydrogen (secondary N) is 1. The van der Waals surface area contributed by atoms with Crippen LogP contribution in [-0.2, 0) is 11.3 Å². The summed E-state index contributed by atoms with van der Waals surface area (Å²) in [5.41, 5.74) is 1.95. The maximum atomic E-state index is 11.9. The molecule has 0 aliphatic rings. The Hall–Kier alpha value is -2.19. The molecule has 0 fully saturated rings. The third-order valence-corrected chi connectivity index (χ3v) is 4.04. The number of hydrogen-bond acceptors (Lipinski definition) is 3. The number of amides is 1. The average molecular weight is 299 g/mol. The van der Waals surface area contributed by atoms with Gasteiger partial charge in [-0.15, -0.1) is 13.0 Å². The molecule has 0 bridgehead atoms. The van der Waals surface area contributed by atoms with Crippen molar-refractivity contribution < 1.29 is 4.79 Å². The first-order valence-electron chi connectivity index (χ1n) is 6.61. The van der Waals surface area contributed by atoms with Crippen molar-refractivity contribution in [1.82, 2.24) is 14.9 Å². The Bertz CT molecular complexity index is 699. The Morgan fingerprint density at radius 1 is 1.62 bits per heavy atom. The minimum absolute atomic E-state index is 0.0878. The lowest BCUT2D eigenvalue weighted by Gasteiger charge is -2.11. The van der Waals surface area contributed by atoms with Crippen LogP contribution in [0, 0.1) is 12.3 Å². The van der Waals surface area contributed by atoms with Crippen LogP contribution in [0.1, 0.15) is 6.92 Å². The van der Waals surface area contributed by atoms with Gasteiger partial charge in [0, 0.05) is 6.54 Å². The maximum Gasteiger partial charge on any atom is 0.234 e. The zero-order chi connectivity index (χ0) is 15.2. The molecule has 1 aromatic heterocycles. The smallest absolute Gasteiger partial charge is 0.234 e. The lowest BCUT2D eigenvalue weighted by molar-refractivity contribution is -0.120. The molecule has 0 aliphatic heterocycles. The molecule has 1 aromatic carbocycles. The zero-order valence-corrected chi connectivity index (χ0v) is 12.7. The van der Waals surface area contributed by atoms with Crippen LogP contribution in [0.2, 0.25) is 0 Å². The highest BCUT2D eigenvalue weighted by Gasteiger charge is 2.18. The van der Waals surface area contributed by atoms with Gasteiger partial charge in [-0.25, -0.2) is 4.98 Å². The molecule has 2 aromatic rings. The number of terminal acetylenes is 1. The molecule has 1 N–H and O–H groups in total. The molecule has 108 valence electrons. The minimum atomic E-state index is -0.265. The predicted molar refractivity (Wildman–Crippen MR) is 87.1 cm³/mol. The summed E-state index contributed by atoms with van der Waals surface area (Å²) in [7, 11) is 0. The molecule has 1 unspecified atom stereocenters. The number of fused-ring (bicyclic) bond motifs is 1. The molecular weight excluding hydrogens is 282 g/mol. The molecule has 2 rings (SSSR count). The van der Waals surface area contributed by atoms with E-state index in [1.807, 2.05) is 37.3 Å². The molecule has 1 heterocycles. The largest absolute Gasteiger partial charge is 0.344 e. The van der Waals surface area contributed by atoms with Crippen molar-refractivity contribution in [3.8, 4) is 12.3 Å². The van der Waals surface area contributed by atoms with E-state index in [2.05, 4.69) is 27.4 Å². The number of rotatable bonds is 6. The number of hydrogen-bond donors (Lipinski definition) is 1. The second-order valence-corrected chi connectivity index (χ2v) is 5.77. The van der Waals surface area contributed by atoms with E-state index in [9.17, 15) is 4.79 Å². The van der Waals surface area contributed by atoms with E-state index in [0.29, 0.717) is 6.54 Å². The number of allylic oxidation sites excluding steroid dienone is 1. The van der Waals surface area contributed by atoms with Crippen molar-refractivity contribution in [2.75, 3.05) is 6.54 Å². The van der Waals surface area contributed by atoms with Crippen LogP contribution in [0.5, 0.6) is 0 Å². The lowest BCUT2D eigenvalue weighted by atomic mass is 10.3. The number of aromatic nitrogens is 2. The van der Waals surface area contributed by atoms with E-state index in [4.69, 9.17) is 6.42 Å².